The number of nitrogens with one attached hydrogen (secondary N) is 1. The molecule has 0 aliphatic rings. The second-order valence-electron chi connectivity index (χ2n) is 8.31. The maximum Gasteiger partial charge on any atom is 0.352 e. The average molecular weight is 451 g/mol. The SMILES string of the molecule is CCC(C)NC(=O)c1nn(-c2ccc(C(C)C)cc2)c(=O)n(Cc2cccc(OC)c2)c1=O. The summed E-state index contributed by atoms with van der Waals surface area (Å²) in [6, 6.07) is 14.3. The van der Waals surface area contributed by atoms with E-state index in [0.717, 1.165) is 14.8 Å². The Labute approximate surface area is 192 Å². The van der Waals surface area contributed by atoms with Crippen LogP contribution in [0.25, 0.3) is 5.69 Å². The quantitative estimate of drug-likeness (QED) is 0.569. The Balaban J connectivity index is 2.17. The van der Waals surface area contributed by atoms with Gasteiger partial charge in [0.25, 0.3) is 11.5 Å². The van der Waals surface area contributed by atoms with Gasteiger partial charge in [-0.3, -0.25) is 14.2 Å². The summed E-state index contributed by atoms with van der Waals surface area (Å²) in [5.74, 6) is 0.317. The molecule has 0 bridgehead atoms. The lowest BCUT2D eigenvalue weighted by Crippen LogP contribution is -2.47. The van der Waals surface area contributed by atoms with Crippen LogP contribution in [0.15, 0.2) is 58.1 Å². The molecule has 0 saturated heterocycles. The Morgan fingerprint density at radius 3 is 2.39 bits per heavy atom. The number of carbonyl (C=O) groups excluding carboxylic acids is 1. The van der Waals surface area contributed by atoms with Crippen LogP contribution in [-0.2, 0) is 6.54 Å². The van der Waals surface area contributed by atoms with Crippen molar-refractivity contribution in [2.75, 3.05) is 7.11 Å². The van der Waals surface area contributed by atoms with Gasteiger partial charge in [0.15, 0.2) is 0 Å². The van der Waals surface area contributed by atoms with Crippen LogP contribution in [0.5, 0.6) is 5.75 Å². The van der Waals surface area contributed by atoms with Crippen molar-refractivity contribution in [2.45, 2.75) is 52.6 Å². The first-order chi connectivity index (χ1) is 15.7. The molecular weight excluding hydrogens is 420 g/mol. The van der Waals surface area contributed by atoms with Crippen molar-refractivity contribution in [1.29, 1.82) is 0 Å². The molecule has 0 aliphatic carbocycles. The summed E-state index contributed by atoms with van der Waals surface area (Å²) >= 11 is 0. The highest BCUT2D eigenvalue weighted by atomic mass is 16.5. The van der Waals surface area contributed by atoms with Gasteiger partial charge < -0.3 is 10.1 Å². The minimum atomic E-state index is -0.737. The molecule has 1 N–H and O–H groups in total. The Morgan fingerprint density at radius 2 is 1.79 bits per heavy atom. The van der Waals surface area contributed by atoms with E-state index in [1.54, 1.807) is 43.5 Å². The molecule has 33 heavy (non-hydrogen) atoms. The molecule has 1 atom stereocenters. The van der Waals surface area contributed by atoms with Gasteiger partial charge >= 0.3 is 5.69 Å². The van der Waals surface area contributed by atoms with E-state index in [9.17, 15) is 14.4 Å². The minimum absolute atomic E-state index is 0.0227. The van der Waals surface area contributed by atoms with Gasteiger partial charge in [0.05, 0.1) is 19.3 Å². The number of rotatable bonds is 8. The molecule has 2 aromatic carbocycles. The van der Waals surface area contributed by atoms with Crippen LogP contribution in [-0.4, -0.2) is 33.4 Å². The highest BCUT2D eigenvalue weighted by Gasteiger charge is 2.21. The second-order valence-corrected chi connectivity index (χ2v) is 8.31. The monoisotopic (exact) mass is 450 g/mol. The molecule has 8 heteroatoms. The molecule has 0 aliphatic heterocycles. The lowest BCUT2D eigenvalue weighted by atomic mass is 10.0. The van der Waals surface area contributed by atoms with Gasteiger partial charge in [0, 0.05) is 6.04 Å². The zero-order valence-corrected chi connectivity index (χ0v) is 19.7. The third kappa shape index (κ3) is 5.39. The van der Waals surface area contributed by atoms with Crippen LogP contribution in [0.3, 0.4) is 0 Å². The fourth-order valence-corrected chi connectivity index (χ4v) is 3.31. The fraction of sp³-hybridized carbons (Fsp3) is 0.360. The van der Waals surface area contributed by atoms with Crippen molar-refractivity contribution < 1.29 is 9.53 Å². The number of ether oxygens (including phenoxy) is 1. The fourth-order valence-electron chi connectivity index (χ4n) is 3.31. The summed E-state index contributed by atoms with van der Waals surface area (Å²) in [4.78, 5) is 39.4. The van der Waals surface area contributed by atoms with Crippen molar-refractivity contribution in [3.05, 3.63) is 86.2 Å². The van der Waals surface area contributed by atoms with E-state index in [1.807, 2.05) is 26.0 Å². The van der Waals surface area contributed by atoms with E-state index >= 15 is 0 Å². The van der Waals surface area contributed by atoms with Gasteiger partial charge in [-0.1, -0.05) is 45.0 Å². The molecule has 0 radical (unpaired) electrons. The molecule has 0 saturated carbocycles. The van der Waals surface area contributed by atoms with Gasteiger partial charge in [-0.2, -0.15) is 9.78 Å². The third-order valence-corrected chi connectivity index (χ3v) is 5.54. The molecule has 3 aromatic rings. The summed E-state index contributed by atoms with van der Waals surface area (Å²) in [6.07, 6.45) is 0.694. The number of carbonyl (C=O) groups is 1. The molecule has 3 rings (SSSR count). The van der Waals surface area contributed by atoms with Gasteiger partial charge in [-0.25, -0.2) is 4.79 Å². The standard InChI is InChI=1S/C25H30N4O4/c1-6-17(4)26-23(30)22-24(31)28(15-18-8-7-9-21(14-18)33-5)25(32)29(27-22)20-12-10-19(11-13-20)16(2)3/h7-14,16-17H,6,15H2,1-5H3,(H,26,30). The number of hydrogen-bond donors (Lipinski definition) is 1. The van der Waals surface area contributed by atoms with E-state index in [2.05, 4.69) is 24.3 Å². The molecule has 1 aromatic heterocycles. The van der Waals surface area contributed by atoms with Crippen molar-refractivity contribution in [3.63, 3.8) is 0 Å². The van der Waals surface area contributed by atoms with Gasteiger partial charge in [0.1, 0.15) is 5.75 Å². The molecule has 1 amide bonds. The summed E-state index contributed by atoms with van der Waals surface area (Å²) in [5, 5.41) is 6.94. The van der Waals surface area contributed by atoms with E-state index < -0.39 is 17.2 Å². The van der Waals surface area contributed by atoms with Crippen molar-refractivity contribution in [1.82, 2.24) is 19.7 Å². The summed E-state index contributed by atoms with van der Waals surface area (Å²) in [6.45, 7) is 7.89. The number of hydrogen-bond acceptors (Lipinski definition) is 5. The highest BCUT2D eigenvalue weighted by Crippen LogP contribution is 2.16. The maximum absolute atomic E-state index is 13.3. The van der Waals surface area contributed by atoms with Crippen LogP contribution >= 0.6 is 0 Å². The molecule has 0 spiro atoms. The second kappa shape index (κ2) is 10.3. The predicted octanol–water partition coefficient (Wildman–Crippen LogP) is 3.10. The minimum Gasteiger partial charge on any atom is -0.497 e. The lowest BCUT2D eigenvalue weighted by Gasteiger charge is -2.15. The topological polar surface area (TPSA) is 95.2 Å². The van der Waals surface area contributed by atoms with Crippen LogP contribution in [0.4, 0.5) is 0 Å². The molecule has 1 heterocycles. The van der Waals surface area contributed by atoms with E-state index in [0.29, 0.717) is 29.3 Å². The lowest BCUT2D eigenvalue weighted by molar-refractivity contribution is 0.0929. The number of amides is 1. The Kier molecular flexibility index (Phi) is 7.48. The zero-order valence-electron chi connectivity index (χ0n) is 19.7. The number of aromatic nitrogens is 3. The number of benzene rings is 2. The van der Waals surface area contributed by atoms with Gasteiger partial charge in [-0.05, 0) is 54.7 Å². The summed E-state index contributed by atoms with van der Waals surface area (Å²) < 4.78 is 7.39. The largest absolute Gasteiger partial charge is 0.497 e. The first kappa shape index (κ1) is 24.0. The van der Waals surface area contributed by atoms with Gasteiger partial charge in [0.2, 0.25) is 5.69 Å². The van der Waals surface area contributed by atoms with Crippen LogP contribution in [0, 0.1) is 0 Å². The molecule has 8 nitrogen and oxygen atoms in total. The van der Waals surface area contributed by atoms with E-state index in [-0.39, 0.29) is 18.3 Å². The van der Waals surface area contributed by atoms with Crippen LogP contribution in [0.2, 0.25) is 0 Å². The highest BCUT2D eigenvalue weighted by molar-refractivity contribution is 5.91. The molecule has 1 unspecified atom stereocenters. The summed E-state index contributed by atoms with van der Waals surface area (Å²) in [5.41, 5.74) is 0.576. The Hall–Kier alpha value is -3.68. The van der Waals surface area contributed by atoms with Crippen LogP contribution < -0.4 is 21.3 Å². The van der Waals surface area contributed by atoms with E-state index in [1.165, 1.54) is 0 Å². The number of nitrogens with zero attached hydrogens (tertiary/aromatic N) is 3. The van der Waals surface area contributed by atoms with Crippen LogP contribution in [0.1, 0.15) is 61.6 Å². The third-order valence-electron chi connectivity index (χ3n) is 5.54. The first-order valence-corrected chi connectivity index (χ1v) is 11.0. The average Bonchev–Trinajstić information content (AvgIpc) is 2.81. The normalized spacial score (nSPS) is 11.9. The van der Waals surface area contributed by atoms with Gasteiger partial charge in [-0.15, -0.1) is 0 Å². The first-order valence-electron chi connectivity index (χ1n) is 11.0. The summed E-state index contributed by atoms with van der Waals surface area (Å²) in [7, 11) is 1.54. The smallest absolute Gasteiger partial charge is 0.352 e. The molecular formula is C25H30N4O4. The molecule has 174 valence electrons. The Morgan fingerprint density at radius 1 is 1.09 bits per heavy atom. The molecule has 0 fully saturated rings. The van der Waals surface area contributed by atoms with E-state index in [4.69, 9.17) is 4.74 Å². The number of methoxy groups -OCH3 is 1. The zero-order chi connectivity index (χ0) is 24.1. The van der Waals surface area contributed by atoms with Crippen molar-refractivity contribution in [2.24, 2.45) is 0 Å². The van der Waals surface area contributed by atoms with Crippen molar-refractivity contribution in [3.8, 4) is 11.4 Å². The maximum atomic E-state index is 13.3. The Bertz CT molecular complexity index is 1240. The predicted molar refractivity (Wildman–Crippen MR) is 127 cm³/mol. The van der Waals surface area contributed by atoms with Crippen molar-refractivity contribution >= 4 is 5.91 Å².